The van der Waals surface area contributed by atoms with Crippen LogP contribution in [0.4, 0.5) is 0 Å². The summed E-state index contributed by atoms with van der Waals surface area (Å²) < 4.78 is 6.61. The molecule has 0 aliphatic rings. The van der Waals surface area contributed by atoms with Gasteiger partial charge in [-0.15, -0.1) is 0 Å². The van der Waals surface area contributed by atoms with Crippen LogP contribution in [-0.4, -0.2) is 15.0 Å². The van der Waals surface area contributed by atoms with Crippen molar-refractivity contribution in [2.75, 3.05) is 0 Å². The van der Waals surface area contributed by atoms with Crippen molar-refractivity contribution in [2.24, 2.45) is 0 Å². The first-order valence-corrected chi connectivity index (χ1v) is 23.3. The second kappa shape index (κ2) is 16.9. The summed E-state index contributed by atoms with van der Waals surface area (Å²) in [4.78, 5) is 15.8. The zero-order valence-corrected chi connectivity index (χ0v) is 37.4. The van der Waals surface area contributed by atoms with Crippen molar-refractivity contribution in [3.63, 3.8) is 0 Å². The maximum atomic E-state index is 6.61. The van der Waals surface area contributed by atoms with Gasteiger partial charge in [-0.2, -0.15) is 0 Å². The molecule has 4 nitrogen and oxygen atoms in total. The fraction of sp³-hybridized carbons (Fsp3) is 0. The molecule has 0 aliphatic carbocycles. The van der Waals surface area contributed by atoms with E-state index in [1.165, 1.54) is 5.39 Å². The Bertz CT molecular complexity index is 3930. The highest BCUT2D eigenvalue weighted by Gasteiger charge is 2.22. The Morgan fingerprint density at radius 3 is 1.33 bits per heavy atom. The highest BCUT2D eigenvalue weighted by atomic mass is 16.3. The number of benzene rings is 10. The van der Waals surface area contributed by atoms with Crippen LogP contribution in [0, 0.1) is 0 Å². The highest BCUT2D eigenvalue weighted by Crippen LogP contribution is 2.46. The van der Waals surface area contributed by atoms with E-state index in [-0.39, 0.29) is 0 Å². The number of hydrogen-bond acceptors (Lipinski definition) is 4. The van der Waals surface area contributed by atoms with Gasteiger partial charge in [-0.1, -0.05) is 212 Å². The van der Waals surface area contributed by atoms with Gasteiger partial charge in [0.2, 0.25) is 0 Å². The minimum absolute atomic E-state index is 0.669. The van der Waals surface area contributed by atoms with Crippen LogP contribution < -0.4 is 0 Å². The van der Waals surface area contributed by atoms with Crippen molar-refractivity contribution in [1.29, 1.82) is 0 Å². The fourth-order valence-corrected chi connectivity index (χ4v) is 9.91. The highest BCUT2D eigenvalue weighted by molar-refractivity contribution is 6.27. The number of aromatic nitrogens is 3. The van der Waals surface area contributed by atoms with Crippen LogP contribution in [0.15, 0.2) is 253 Å². The maximum absolute atomic E-state index is 6.61. The Morgan fingerprint density at radius 1 is 0.261 bits per heavy atom. The van der Waals surface area contributed by atoms with Crippen LogP contribution in [0.5, 0.6) is 0 Å². The van der Waals surface area contributed by atoms with E-state index in [1.54, 1.807) is 0 Å². The van der Waals surface area contributed by atoms with Crippen molar-refractivity contribution in [2.45, 2.75) is 0 Å². The average molecular weight is 880 g/mol. The molecule has 10 aromatic carbocycles. The number of furan rings is 1. The predicted molar refractivity (Wildman–Crippen MR) is 286 cm³/mol. The third kappa shape index (κ3) is 7.32. The predicted octanol–water partition coefficient (Wildman–Crippen LogP) is 17.4. The van der Waals surface area contributed by atoms with Gasteiger partial charge < -0.3 is 4.42 Å². The minimum atomic E-state index is 0.669. The van der Waals surface area contributed by atoms with Gasteiger partial charge in [0.1, 0.15) is 11.2 Å². The first-order valence-electron chi connectivity index (χ1n) is 23.3. The normalized spacial score (nSPS) is 11.5. The van der Waals surface area contributed by atoms with Gasteiger partial charge in [-0.3, -0.25) is 0 Å². The quantitative estimate of drug-likeness (QED) is 0.143. The summed E-state index contributed by atoms with van der Waals surface area (Å²) in [6, 6.07) is 87.4. The molecule has 0 N–H and O–H groups in total. The van der Waals surface area contributed by atoms with Gasteiger partial charge in [0.25, 0.3) is 0 Å². The standard InChI is InChI=1S/C65H41N3O/c1-4-16-42(17-5-1)49-22-14-24-51(38-49)57-41-58(52-25-15-23-50(39-52)43-18-6-2-7-19-43)68-65(67-57)48-36-32-45(33-37-48)44-30-34-47(35-31-44)64-55-40-60-63(54-27-11-13-29-59(54)69-60)61(46-20-8-3-9-21-46)62(55)53-26-10-12-28-56(53)66-64/h1-41H. The van der Waals surface area contributed by atoms with E-state index in [4.69, 9.17) is 19.4 Å². The van der Waals surface area contributed by atoms with Crippen LogP contribution in [0.25, 0.3) is 133 Å². The zero-order chi connectivity index (χ0) is 45.7. The van der Waals surface area contributed by atoms with Crippen molar-refractivity contribution >= 4 is 43.6 Å². The molecule has 3 aromatic heterocycles. The lowest BCUT2D eigenvalue weighted by atomic mass is 9.89. The second-order valence-electron chi connectivity index (χ2n) is 17.5. The van der Waals surface area contributed by atoms with Crippen LogP contribution >= 0.6 is 0 Å². The summed E-state index contributed by atoms with van der Waals surface area (Å²) in [6.45, 7) is 0. The molecule has 0 bridgehead atoms. The van der Waals surface area contributed by atoms with E-state index in [1.807, 2.05) is 18.2 Å². The van der Waals surface area contributed by atoms with E-state index in [2.05, 4.69) is 231 Å². The average Bonchev–Trinajstić information content (AvgIpc) is 3.81. The molecule has 69 heavy (non-hydrogen) atoms. The van der Waals surface area contributed by atoms with Crippen LogP contribution in [0.2, 0.25) is 0 Å². The molecule has 13 aromatic rings. The SMILES string of the molecule is c1ccc(-c2cccc(-c3cc(-c4cccc(-c5ccccc5)c4)nc(-c4ccc(-c5ccc(-c6nc7ccccc7c7c(-c8ccccc8)c8c(cc67)oc6ccccc68)cc5)cc4)n3)c2)cc1. The minimum Gasteiger partial charge on any atom is -0.456 e. The van der Waals surface area contributed by atoms with Crippen LogP contribution in [0.3, 0.4) is 0 Å². The molecule has 13 rings (SSSR count). The number of rotatable bonds is 8. The van der Waals surface area contributed by atoms with Crippen molar-refractivity contribution < 1.29 is 4.42 Å². The Kier molecular flexibility index (Phi) is 9.80. The number of pyridine rings is 1. The van der Waals surface area contributed by atoms with Gasteiger partial charge in [0, 0.05) is 54.7 Å². The summed E-state index contributed by atoms with van der Waals surface area (Å²) in [5, 5.41) is 5.56. The van der Waals surface area contributed by atoms with Crippen molar-refractivity contribution in [1.82, 2.24) is 15.0 Å². The third-order valence-electron chi connectivity index (χ3n) is 13.3. The molecular formula is C65H41N3O. The summed E-state index contributed by atoms with van der Waals surface area (Å²) in [5.74, 6) is 0.669. The fourth-order valence-electron chi connectivity index (χ4n) is 9.91. The monoisotopic (exact) mass is 879 g/mol. The van der Waals surface area contributed by atoms with E-state index in [0.29, 0.717) is 5.82 Å². The van der Waals surface area contributed by atoms with Gasteiger partial charge in [0.15, 0.2) is 5.82 Å². The van der Waals surface area contributed by atoms with E-state index < -0.39 is 0 Å². The molecule has 4 heteroatoms. The van der Waals surface area contributed by atoms with Crippen molar-refractivity contribution in [3.05, 3.63) is 249 Å². The molecule has 0 radical (unpaired) electrons. The van der Waals surface area contributed by atoms with Crippen molar-refractivity contribution in [3.8, 4) is 89.7 Å². The molecular weight excluding hydrogens is 839 g/mol. The maximum Gasteiger partial charge on any atom is 0.160 e. The van der Waals surface area contributed by atoms with Crippen LogP contribution in [0.1, 0.15) is 0 Å². The number of nitrogens with zero attached hydrogens (tertiary/aromatic N) is 3. The Hall–Kier alpha value is -9.25. The number of fused-ring (bicyclic) bond motifs is 6. The summed E-state index contributed by atoms with van der Waals surface area (Å²) in [5.41, 5.74) is 18.5. The molecule has 0 atom stereocenters. The smallest absolute Gasteiger partial charge is 0.160 e. The first-order chi connectivity index (χ1) is 34.2. The van der Waals surface area contributed by atoms with Gasteiger partial charge in [-0.05, 0) is 75.3 Å². The lowest BCUT2D eigenvalue weighted by Crippen LogP contribution is -1.96. The van der Waals surface area contributed by atoms with Gasteiger partial charge in [0.05, 0.1) is 22.6 Å². The van der Waals surface area contributed by atoms with Gasteiger partial charge in [-0.25, -0.2) is 15.0 Å². The van der Waals surface area contributed by atoms with E-state index in [9.17, 15) is 0 Å². The molecule has 0 spiro atoms. The largest absolute Gasteiger partial charge is 0.456 e. The van der Waals surface area contributed by atoms with Gasteiger partial charge >= 0.3 is 0 Å². The molecule has 0 saturated heterocycles. The Morgan fingerprint density at radius 2 is 0.725 bits per heavy atom. The molecule has 322 valence electrons. The molecule has 0 unspecified atom stereocenters. The summed E-state index contributed by atoms with van der Waals surface area (Å²) >= 11 is 0. The summed E-state index contributed by atoms with van der Waals surface area (Å²) in [6.07, 6.45) is 0. The Labute approximate surface area is 399 Å². The third-order valence-corrected chi connectivity index (χ3v) is 13.3. The topological polar surface area (TPSA) is 51.8 Å². The first kappa shape index (κ1) is 40.1. The van der Waals surface area contributed by atoms with E-state index in [0.717, 1.165) is 122 Å². The lowest BCUT2D eigenvalue weighted by molar-refractivity contribution is 0.669. The zero-order valence-electron chi connectivity index (χ0n) is 37.4. The molecule has 3 heterocycles. The lowest BCUT2D eigenvalue weighted by Gasteiger charge is -2.16. The molecule has 0 aliphatic heterocycles. The van der Waals surface area contributed by atoms with Crippen LogP contribution in [-0.2, 0) is 0 Å². The summed E-state index contributed by atoms with van der Waals surface area (Å²) in [7, 11) is 0. The molecule has 0 amide bonds. The number of para-hydroxylation sites is 2. The molecule has 0 fully saturated rings. The Balaban J connectivity index is 0.894. The van der Waals surface area contributed by atoms with E-state index >= 15 is 0 Å². The molecule has 0 saturated carbocycles. The number of hydrogen-bond donors (Lipinski definition) is 0. The second-order valence-corrected chi connectivity index (χ2v) is 17.5.